The molecular formula is C13H15ClFN3S. The minimum absolute atomic E-state index is 0.00544. The van der Waals surface area contributed by atoms with E-state index in [1.807, 2.05) is 13.1 Å². The van der Waals surface area contributed by atoms with Gasteiger partial charge < -0.3 is 11.1 Å². The Morgan fingerprint density at radius 3 is 2.89 bits per heavy atom. The van der Waals surface area contributed by atoms with Crippen LogP contribution in [0, 0.1) is 5.82 Å². The predicted octanol–water partition coefficient (Wildman–Crippen LogP) is 4.25. The molecule has 19 heavy (non-hydrogen) atoms. The Balaban J connectivity index is 2.18. The second-order valence-electron chi connectivity index (χ2n) is 4.24. The number of rotatable bonds is 4. The fourth-order valence-corrected chi connectivity index (χ4v) is 2.69. The highest BCUT2D eigenvalue weighted by atomic mass is 35.5. The average Bonchev–Trinajstić information content (AvgIpc) is 2.84. The highest BCUT2D eigenvalue weighted by molar-refractivity contribution is 7.11. The lowest BCUT2D eigenvalue weighted by Crippen LogP contribution is -2.08. The predicted molar refractivity (Wildman–Crippen MR) is 79.4 cm³/mol. The van der Waals surface area contributed by atoms with Crippen molar-refractivity contribution in [3.05, 3.63) is 39.1 Å². The van der Waals surface area contributed by atoms with Crippen LogP contribution in [-0.4, -0.2) is 4.98 Å². The molecule has 3 nitrogen and oxygen atoms in total. The summed E-state index contributed by atoms with van der Waals surface area (Å²) in [6.45, 7) is 4.07. The number of anilines is 2. The molecule has 1 atom stereocenters. The van der Waals surface area contributed by atoms with Gasteiger partial charge in [-0.15, -0.1) is 11.3 Å². The molecule has 1 aromatic carbocycles. The lowest BCUT2D eigenvalue weighted by atomic mass is 10.2. The van der Waals surface area contributed by atoms with Gasteiger partial charge in [0.25, 0.3) is 0 Å². The number of aryl methyl sites for hydroxylation is 1. The van der Waals surface area contributed by atoms with E-state index in [9.17, 15) is 4.39 Å². The molecule has 0 radical (unpaired) electrons. The Labute approximate surface area is 120 Å². The zero-order valence-electron chi connectivity index (χ0n) is 10.7. The van der Waals surface area contributed by atoms with Crippen LogP contribution < -0.4 is 11.1 Å². The van der Waals surface area contributed by atoms with Gasteiger partial charge >= 0.3 is 0 Å². The monoisotopic (exact) mass is 299 g/mol. The molecule has 0 saturated heterocycles. The van der Waals surface area contributed by atoms with Crippen molar-refractivity contribution in [3.63, 3.8) is 0 Å². The number of nitrogens with one attached hydrogen (secondary N) is 1. The van der Waals surface area contributed by atoms with Crippen LogP contribution >= 0.6 is 22.9 Å². The van der Waals surface area contributed by atoms with Gasteiger partial charge in [0.2, 0.25) is 0 Å². The van der Waals surface area contributed by atoms with E-state index in [2.05, 4.69) is 17.2 Å². The Bertz CT molecular complexity index is 585. The lowest BCUT2D eigenvalue weighted by Gasteiger charge is -2.15. The number of aromatic nitrogens is 1. The molecule has 3 N–H and O–H groups in total. The van der Waals surface area contributed by atoms with Crippen LogP contribution in [0.25, 0.3) is 0 Å². The topological polar surface area (TPSA) is 50.9 Å². The molecule has 1 aromatic heterocycles. The van der Waals surface area contributed by atoms with Crippen LogP contribution in [0.15, 0.2) is 18.3 Å². The van der Waals surface area contributed by atoms with Crippen molar-refractivity contribution < 1.29 is 4.39 Å². The van der Waals surface area contributed by atoms with Crippen molar-refractivity contribution in [2.75, 3.05) is 11.1 Å². The second kappa shape index (κ2) is 5.75. The molecule has 2 rings (SSSR count). The third-order valence-corrected chi connectivity index (χ3v) is 4.37. The summed E-state index contributed by atoms with van der Waals surface area (Å²) in [5.74, 6) is -0.514. The summed E-state index contributed by atoms with van der Waals surface area (Å²) in [4.78, 5) is 5.59. The standard InChI is InChI=1S/C13H15ClFN3S/c1-3-8-6-17-13(19-8)7(2)18-12-4-9(14)10(15)5-11(12)16/h4-7,18H,3,16H2,1-2H3. The Hall–Kier alpha value is -1.33. The smallest absolute Gasteiger partial charge is 0.143 e. The van der Waals surface area contributed by atoms with Gasteiger partial charge in [0.05, 0.1) is 22.4 Å². The first-order chi connectivity index (χ1) is 9.01. The van der Waals surface area contributed by atoms with E-state index in [1.165, 1.54) is 17.0 Å². The summed E-state index contributed by atoms with van der Waals surface area (Å²) < 4.78 is 13.2. The Morgan fingerprint density at radius 1 is 1.53 bits per heavy atom. The van der Waals surface area contributed by atoms with Gasteiger partial charge in [-0.1, -0.05) is 18.5 Å². The van der Waals surface area contributed by atoms with Crippen LogP contribution in [0.3, 0.4) is 0 Å². The summed E-state index contributed by atoms with van der Waals surface area (Å²) in [6, 6.07) is 2.71. The van der Waals surface area contributed by atoms with Crippen LogP contribution in [0.4, 0.5) is 15.8 Å². The van der Waals surface area contributed by atoms with Gasteiger partial charge in [-0.3, -0.25) is 0 Å². The number of nitrogens with zero attached hydrogens (tertiary/aromatic N) is 1. The van der Waals surface area contributed by atoms with E-state index in [-0.39, 0.29) is 11.1 Å². The maximum Gasteiger partial charge on any atom is 0.143 e. The van der Waals surface area contributed by atoms with Crippen molar-refractivity contribution in [1.29, 1.82) is 0 Å². The third kappa shape index (κ3) is 3.16. The van der Waals surface area contributed by atoms with Gasteiger partial charge in [0, 0.05) is 17.1 Å². The molecule has 2 aromatic rings. The first kappa shape index (κ1) is 14.1. The molecule has 0 bridgehead atoms. The summed E-state index contributed by atoms with van der Waals surface area (Å²) >= 11 is 7.41. The molecule has 0 fully saturated rings. The maximum atomic E-state index is 13.2. The SMILES string of the molecule is CCc1cnc(C(C)Nc2cc(Cl)c(F)cc2N)s1. The summed E-state index contributed by atoms with van der Waals surface area (Å²) in [7, 11) is 0. The van der Waals surface area contributed by atoms with Crippen molar-refractivity contribution >= 4 is 34.3 Å². The van der Waals surface area contributed by atoms with E-state index in [1.54, 1.807) is 11.3 Å². The first-order valence-electron chi connectivity index (χ1n) is 5.97. The minimum atomic E-state index is -0.514. The summed E-state index contributed by atoms with van der Waals surface area (Å²) in [5.41, 5.74) is 6.72. The Kier molecular flexibility index (Phi) is 4.27. The molecule has 102 valence electrons. The van der Waals surface area contributed by atoms with Crippen molar-refractivity contribution in [3.8, 4) is 0 Å². The number of nitrogens with two attached hydrogens (primary N) is 1. The fraction of sp³-hybridized carbons (Fsp3) is 0.308. The largest absolute Gasteiger partial charge is 0.397 e. The van der Waals surface area contributed by atoms with Crippen molar-refractivity contribution in [1.82, 2.24) is 4.98 Å². The van der Waals surface area contributed by atoms with Crippen LogP contribution in [0.5, 0.6) is 0 Å². The van der Waals surface area contributed by atoms with E-state index in [0.29, 0.717) is 11.4 Å². The molecule has 0 aliphatic heterocycles. The highest BCUT2D eigenvalue weighted by Crippen LogP contribution is 2.30. The quantitative estimate of drug-likeness (QED) is 0.830. The molecule has 0 aliphatic carbocycles. The number of nitrogen functional groups attached to an aromatic ring is 1. The second-order valence-corrected chi connectivity index (χ2v) is 5.79. The molecule has 0 saturated carbocycles. The summed E-state index contributed by atoms with van der Waals surface area (Å²) in [5, 5.41) is 4.23. The van der Waals surface area contributed by atoms with Crippen molar-refractivity contribution in [2.45, 2.75) is 26.3 Å². The van der Waals surface area contributed by atoms with Gasteiger partial charge in [0.15, 0.2) is 0 Å². The number of thiazole rings is 1. The van der Waals surface area contributed by atoms with Gasteiger partial charge in [-0.2, -0.15) is 0 Å². The van der Waals surface area contributed by atoms with E-state index < -0.39 is 5.82 Å². The summed E-state index contributed by atoms with van der Waals surface area (Å²) in [6.07, 6.45) is 2.84. The zero-order chi connectivity index (χ0) is 14.0. The molecule has 0 aliphatic rings. The van der Waals surface area contributed by atoms with Crippen molar-refractivity contribution in [2.24, 2.45) is 0 Å². The lowest BCUT2D eigenvalue weighted by molar-refractivity contribution is 0.629. The third-order valence-electron chi connectivity index (χ3n) is 2.75. The first-order valence-corrected chi connectivity index (χ1v) is 7.16. The molecule has 0 spiro atoms. The van der Waals surface area contributed by atoms with Gasteiger partial charge in [-0.05, 0) is 19.4 Å². The minimum Gasteiger partial charge on any atom is -0.397 e. The number of benzene rings is 1. The van der Waals surface area contributed by atoms with E-state index in [0.717, 1.165) is 11.4 Å². The maximum absolute atomic E-state index is 13.2. The van der Waals surface area contributed by atoms with Crippen LogP contribution in [0.1, 0.15) is 29.8 Å². The average molecular weight is 300 g/mol. The number of hydrogen-bond acceptors (Lipinski definition) is 4. The normalized spacial score (nSPS) is 12.4. The molecular weight excluding hydrogens is 285 g/mol. The van der Waals surface area contributed by atoms with Gasteiger partial charge in [0.1, 0.15) is 10.8 Å². The molecule has 1 unspecified atom stereocenters. The van der Waals surface area contributed by atoms with Crippen LogP contribution in [0.2, 0.25) is 5.02 Å². The van der Waals surface area contributed by atoms with E-state index >= 15 is 0 Å². The number of hydrogen-bond donors (Lipinski definition) is 2. The van der Waals surface area contributed by atoms with E-state index in [4.69, 9.17) is 17.3 Å². The molecule has 1 heterocycles. The zero-order valence-corrected chi connectivity index (χ0v) is 12.3. The Morgan fingerprint density at radius 2 is 2.26 bits per heavy atom. The van der Waals surface area contributed by atoms with Crippen LogP contribution in [-0.2, 0) is 6.42 Å². The van der Waals surface area contributed by atoms with Gasteiger partial charge in [-0.25, -0.2) is 9.37 Å². The highest BCUT2D eigenvalue weighted by Gasteiger charge is 2.13. The molecule has 0 amide bonds. The number of halogens is 2. The molecule has 6 heteroatoms. The fourth-order valence-electron chi connectivity index (χ4n) is 1.67.